The van der Waals surface area contributed by atoms with Gasteiger partial charge in [-0.15, -0.1) is 0 Å². The second-order valence-electron chi connectivity index (χ2n) is 11.1. The Morgan fingerprint density at radius 3 is 2.71 bits per heavy atom. The number of likely N-dealkylation sites (N-methyl/N-ethyl adjacent to an activating group) is 1. The third-order valence-electron chi connectivity index (χ3n) is 8.59. The van der Waals surface area contributed by atoms with E-state index in [0.717, 1.165) is 54.1 Å². The number of rotatable bonds is 8. The van der Waals surface area contributed by atoms with Gasteiger partial charge in [-0.05, 0) is 49.1 Å². The first-order chi connectivity index (χ1) is 20.3. The van der Waals surface area contributed by atoms with E-state index in [1.54, 1.807) is 37.4 Å². The van der Waals surface area contributed by atoms with Crippen molar-refractivity contribution >= 4 is 46.0 Å². The monoisotopic (exact) mass is 568 g/mol. The van der Waals surface area contributed by atoms with E-state index >= 15 is 0 Å². The lowest BCUT2D eigenvalue weighted by Gasteiger charge is -2.43. The second-order valence-corrected chi connectivity index (χ2v) is 11.1. The van der Waals surface area contributed by atoms with Crippen molar-refractivity contribution < 1.29 is 14.3 Å². The Hall–Kier alpha value is -4.67. The van der Waals surface area contributed by atoms with Crippen LogP contribution in [-0.4, -0.2) is 58.0 Å². The predicted molar refractivity (Wildman–Crippen MR) is 163 cm³/mol. The van der Waals surface area contributed by atoms with Crippen molar-refractivity contribution in [3.63, 3.8) is 0 Å². The van der Waals surface area contributed by atoms with E-state index in [0.29, 0.717) is 40.9 Å². The summed E-state index contributed by atoms with van der Waals surface area (Å²) in [7, 11) is 3.42. The third kappa shape index (κ3) is 4.68. The molecular weight excluding hydrogens is 532 g/mol. The summed E-state index contributed by atoms with van der Waals surface area (Å²) in [6.07, 6.45) is 6.88. The highest BCUT2D eigenvalue weighted by atomic mass is 16.5. The number of para-hydroxylation sites is 1. The first-order valence-electron chi connectivity index (χ1n) is 14.5. The highest BCUT2D eigenvalue weighted by Gasteiger charge is 2.41. The van der Waals surface area contributed by atoms with Crippen molar-refractivity contribution in [1.82, 2.24) is 19.9 Å². The Morgan fingerprint density at radius 1 is 1.21 bits per heavy atom. The first kappa shape index (κ1) is 27.5. The number of anilines is 4. The summed E-state index contributed by atoms with van der Waals surface area (Å²) in [4.78, 5) is 46.5. The minimum atomic E-state index is -0.511. The molecule has 2 aromatic carbocycles. The van der Waals surface area contributed by atoms with Crippen LogP contribution >= 0.6 is 0 Å². The highest BCUT2D eigenvalue weighted by Crippen LogP contribution is 2.40. The molecule has 2 aromatic heterocycles. The molecule has 1 unspecified atom stereocenters. The molecular formula is C31H36N8O3. The fraction of sp³-hybridized carbons (Fsp3) is 0.387. The molecule has 4 N–H and O–H groups in total. The SMILES string of the molecule is CC[C@@H]1C(=O)N(C)c2cnc(Nc3ccc(C(C)c4nc5c(C(N)=O)cccc5[nH]4)cc3OC)nc2N1C1CCCC1. The van der Waals surface area contributed by atoms with Gasteiger partial charge in [0.25, 0.3) is 5.91 Å². The Balaban J connectivity index is 1.30. The van der Waals surface area contributed by atoms with Gasteiger partial charge < -0.3 is 30.6 Å². The van der Waals surface area contributed by atoms with Gasteiger partial charge in [0, 0.05) is 19.0 Å². The van der Waals surface area contributed by atoms with Crippen molar-refractivity contribution in [2.24, 2.45) is 5.73 Å². The van der Waals surface area contributed by atoms with Gasteiger partial charge in [0.2, 0.25) is 11.9 Å². The van der Waals surface area contributed by atoms with Gasteiger partial charge in [0.05, 0.1) is 30.1 Å². The molecule has 0 bridgehead atoms. The number of ether oxygens (including phenoxy) is 1. The lowest BCUT2D eigenvalue weighted by Crippen LogP contribution is -2.55. The van der Waals surface area contributed by atoms with Gasteiger partial charge in [-0.2, -0.15) is 4.98 Å². The standard InChI is InChI=1S/C31H36N8O3/c1-5-23-30(41)38(3)24-16-33-31(37-29(24)39(23)19-9-6-7-10-19)35-21-14-13-18(15-25(21)42-4)17(2)28-34-22-12-8-11-20(27(32)40)26(22)36-28/h8,11-17,19,23H,5-7,9-10H2,1-4H3,(H2,32,40)(H,34,36)(H,33,35,37)/t17?,23-/m1/s1. The number of aromatic nitrogens is 4. The number of hydrogen-bond acceptors (Lipinski definition) is 8. The molecule has 0 spiro atoms. The van der Waals surface area contributed by atoms with Gasteiger partial charge in [0.1, 0.15) is 28.8 Å². The van der Waals surface area contributed by atoms with Crippen LogP contribution in [0.15, 0.2) is 42.6 Å². The number of methoxy groups -OCH3 is 1. The van der Waals surface area contributed by atoms with E-state index in [1.807, 2.05) is 31.2 Å². The van der Waals surface area contributed by atoms with Crippen LogP contribution in [0.2, 0.25) is 0 Å². The molecule has 1 saturated carbocycles. The van der Waals surface area contributed by atoms with Crippen LogP contribution in [0, 0.1) is 0 Å². The Labute approximate surface area is 244 Å². The molecule has 2 amide bonds. The Morgan fingerprint density at radius 2 is 2.00 bits per heavy atom. The molecule has 0 radical (unpaired) electrons. The average molecular weight is 569 g/mol. The number of carbonyl (C=O) groups excluding carboxylic acids is 2. The molecule has 11 nitrogen and oxygen atoms in total. The first-order valence-corrected chi connectivity index (χ1v) is 14.5. The maximum absolute atomic E-state index is 13.2. The van der Waals surface area contributed by atoms with Gasteiger partial charge in [-0.3, -0.25) is 9.59 Å². The van der Waals surface area contributed by atoms with Gasteiger partial charge in [-0.25, -0.2) is 9.97 Å². The zero-order chi connectivity index (χ0) is 29.5. The van der Waals surface area contributed by atoms with Crippen LogP contribution in [0.3, 0.4) is 0 Å². The predicted octanol–water partition coefficient (Wildman–Crippen LogP) is 4.86. The summed E-state index contributed by atoms with van der Waals surface area (Å²) in [5.74, 6) is 2.03. The number of amides is 2. The fourth-order valence-corrected chi connectivity index (χ4v) is 6.26. The van der Waals surface area contributed by atoms with Crippen LogP contribution in [0.5, 0.6) is 5.75 Å². The molecule has 2 atom stereocenters. The van der Waals surface area contributed by atoms with Crippen molar-refractivity contribution in [3.8, 4) is 5.75 Å². The fourth-order valence-electron chi connectivity index (χ4n) is 6.26. The molecule has 0 saturated heterocycles. The van der Waals surface area contributed by atoms with Crippen LogP contribution in [0.4, 0.5) is 23.1 Å². The molecule has 2 aliphatic rings. The van der Waals surface area contributed by atoms with E-state index in [-0.39, 0.29) is 17.9 Å². The topological polar surface area (TPSA) is 142 Å². The maximum atomic E-state index is 13.2. The van der Waals surface area contributed by atoms with Crippen LogP contribution < -0.4 is 25.6 Å². The number of H-pyrrole nitrogens is 1. The number of nitrogens with zero attached hydrogens (tertiary/aromatic N) is 5. The van der Waals surface area contributed by atoms with Gasteiger partial charge >= 0.3 is 0 Å². The van der Waals surface area contributed by atoms with Gasteiger partial charge in [-0.1, -0.05) is 38.8 Å². The molecule has 3 heterocycles. The molecule has 6 rings (SSSR count). The molecule has 1 aliphatic carbocycles. The number of hydrogen-bond donors (Lipinski definition) is 3. The third-order valence-corrected chi connectivity index (χ3v) is 8.59. The van der Waals surface area contributed by atoms with E-state index in [1.165, 1.54) is 0 Å². The lowest BCUT2D eigenvalue weighted by molar-refractivity contribution is -0.120. The number of imidazole rings is 1. The van der Waals surface area contributed by atoms with E-state index in [2.05, 4.69) is 27.1 Å². The number of carbonyl (C=O) groups is 2. The average Bonchev–Trinajstić information content (AvgIpc) is 3.69. The molecule has 1 fully saturated rings. The van der Waals surface area contributed by atoms with Crippen LogP contribution in [-0.2, 0) is 4.79 Å². The van der Waals surface area contributed by atoms with Crippen LogP contribution in [0.1, 0.15) is 73.6 Å². The Bertz CT molecular complexity index is 1660. The number of benzene rings is 2. The summed E-state index contributed by atoms with van der Waals surface area (Å²) in [5, 5.41) is 3.34. The quantitative estimate of drug-likeness (QED) is 0.274. The number of nitrogens with two attached hydrogens (primary N) is 1. The highest BCUT2D eigenvalue weighted by molar-refractivity contribution is 6.05. The van der Waals surface area contributed by atoms with Crippen LogP contribution in [0.25, 0.3) is 11.0 Å². The largest absolute Gasteiger partial charge is 0.495 e. The second kappa shape index (κ2) is 11.0. The zero-order valence-electron chi connectivity index (χ0n) is 24.3. The minimum absolute atomic E-state index is 0.0860. The minimum Gasteiger partial charge on any atom is -0.495 e. The zero-order valence-corrected chi connectivity index (χ0v) is 24.3. The smallest absolute Gasteiger partial charge is 0.250 e. The summed E-state index contributed by atoms with van der Waals surface area (Å²) in [6, 6.07) is 11.3. The molecule has 11 heteroatoms. The van der Waals surface area contributed by atoms with E-state index in [9.17, 15) is 9.59 Å². The Kier molecular flexibility index (Phi) is 7.17. The van der Waals surface area contributed by atoms with Crippen molar-refractivity contribution in [3.05, 3.63) is 59.5 Å². The van der Waals surface area contributed by atoms with E-state index in [4.69, 9.17) is 20.4 Å². The number of fused-ring (bicyclic) bond motifs is 2. The molecule has 4 aromatic rings. The lowest BCUT2D eigenvalue weighted by atomic mass is 10.00. The summed E-state index contributed by atoms with van der Waals surface area (Å²) >= 11 is 0. The number of nitrogens with one attached hydrogen (secondary N) is 2. The number of aromatic amines is 1. The molecule has 218 valence electrons. The van der Waals surface area contributed by atoms with Crippen molar-refractivity contribution in [1.29, 1.82) is 0 Å². The normalized spacial score (nSPS) is 17.9. The summed E-state index contributed by atoms with van der Waals surface area (Å²) < 4.78 is 5.76. The van der Waals surface area contributed by atoms with Crippen molar-refractivity contribution in [2.45, 2.75) is 64.0 Å². The molecule has 42 heavy (non-hydrogen) atoms. The van der Waals surface area contributed by atoms with Gasteiger partial charge in [0.15, 0.2) is 5.82 Å². The van der Waals surface area contributed by atoms with Crippen molar-refractivity contribution in [2.75, 3.05) is 29.3 Å². The van der Waals surface area contributed by atoms with E-state index < -0.39 is 5.91 Å². The summed E-state index contributed by atoms with van der Waals surface area (Å²) in [5.41, 5.74) is 9.67. The summed E-state index contributed by atoms with van der Waals surface area (Å²) in [6.45, 7) is 4.09. The molecule has 1 aliphatic heterocycles. The maximum Gasteiger partial charge on any atom is 0.250 e. The number of primary amides is 1.